The van der Waals surface area contributed by atoms with Crippen LogP contribution in [0.25, 0.3) is 11.5 Å². The van der Waals surface area contributed by atoms with E-state index in [9.17, 15) is 27.2 Å². The second-order valence-electron chi connectivity index (χ2n) is 11.4. The van der Waals surface area contributed by atoms with E-state index in [4.69, 9.17) is 19.6 Å². The fraction of sp³-hybridized carbons (Fsp3) is 0.433. The molecule has 3 aromatic rings. The second kappa shape index (κ2) is 13.5. The number of carbonyl (C=O) groups is 2. The molecule has 1 saturated carbocycles. The van der Waals surface area contributed by atoms with Crippen LogP contribution in [0, 0.1) is 17.6 Å². The first-order valence-corrected chi connectivity index (χ1v) is 13.9. The van der Waals surface area contributed by atoms with Crippen LogP contribution in [0.5, 0.6) is 11.5 Å². The third kappa shape index (κ3) is 8.62. The number of hydrogen-bond donors (Lipinski definition) is 3. The van der Waals surface area contributed by atoms with Crippen LogP contribution in [0.4, 0.5) is 22.4 Å². The fourth-order valence-electron chi connectivity index (χ4n) is 4.16. The zero-order valence-electron chi connectivity index (χ0n) is 24.6. The summed E-state index contributed by atoms with van der Waals surface area (Å²) in [5.74, 6) is -2.74. The van der Waals surface area contributed by atoms with E-state index in [2.05, 4.69) is 20.4 Å². The molecule has 2 aromatic carbocycles. The van der Waals surface area contributed by atoms with E-state index in [-0.39, 0.29) is 46.5 Å². The Morgan fingerprint density at radius 1 is 1.11 bits per heavy atom. The molecule has 0 saturated heterocycles. The molecule has 4 N–H and O–H groups in total. The van der Waals surface area contributed by atoms with Gasteiger partial charge in [0.05, 0.1) is 12.6 Å². The van der Waals surface area contributed by atoms with E-state index in [1.54, 1.807) is 20.8 Å². The van der Waals surface area contributed by atoms with Gasteiger partial charge in [-0.15, -0.1) is 0 Å². The van der Waals surface area contributed by atoms with Crippen molar-refractivity contribution in [2.75, 3.05) is 13.2 Å². The molecule has 2 atom stereocenters. The summed E-state index contributed by atoms with van der Waals surface area (Å²) in [4.78, 5) is 30.3. The average Bonchev–Trinajstić information content (AvgIpc) is 3.65. The van der Waals surface area contributed by atoms with Crippen LogP contribution in [0.15, 0.2) is 40.8 Å². The summed E-state index contributed by atoms with van der Waals surface area (Å²) in [6.07, 6.45) is -0.0333. The molecule has 1 aliphatic rings. The van der Waals surface area contributed by atoms with Gasteiger partial charge in [-0.2, -0.15) is 8.78 Å². The van der Waals surface area contributed by atoms with Crippen LogP contribution < -0.4 is 25.8 Å². The lowest BCUT2D eigenvalue weighted by atomic mass is 10.1. The largest absolute Gasteiger partial charge is 0.489 e. The Hall–Kier alpha value is -4.33. The molecule has 0 radical (unpaired) electrons. The highest BCUT2D eigenvalue weighted by atomic mass is 19.3. The van der Waals surface area contributed by atoms with Crippen molar-refractivity contribution in [1.29, 1.82) is 0 Å². The quantitative estimate of drug-likeness (QED) is 0.208. The number of rotatable bonds is 12. The number of ether oxygens (including phenoxy) is 3. The molecule has 0 bridgehead atoms. The number of nitrogens with two attached hydrogens (primary N) is 1. The topological polar surface area (TPSA) is 138 Å². The molecule has 238 valence electrons. The summed E-state index contributed by atoms with van der Waals surface area (Å²) in [5.41, 5.74) is 5.04. The molecule has 10 nitrogen and oxygen atoms in total. The molecule has 4 rings (SSSR count). The molecule has 1 fully saturated rings. The Morgan fingerprint density at radius 3 is 2.45 bits per heavy atom. The average molecular weight is 623 g/mol. The number of alkyl carbamates (subject to hydrolysis) is 1. The number of benzene rings is 2. The van der Waals surface area contributed by atoms with Gasteiger partial charge < -0.3 is 35.0 Å². The second-order valence-corrected chi connectivity index (χ2v) is 11.4. The van der Waals surface area contributed by atoms with E-state index in [1.807, 2.05) is 0 Å². The number of oxazole rings is 1. The first-order valence-electron chi connectivity index (χ1n) is 13.9. The van der Waals surface area contributed by atoms with E-state index >= 15 is 0 Å². The molecule has 0 aliphatic heterocycles. The molecule has 1 heterocycles. The third-order valence-corrected chi connectivity index (χ3v) is 6.46. The minimum absolute atomic E-state index is 0.0179. The van der Waals surface area contributed by atoms with E-state index in [1.165, 1.54) is 25.1 Å². The highest BCUT2D eigenvalue weighted by molar-refractivity contribution is 5.94. The summed E-state index contributed by atoms with van der Waals surface area (Å²) in [7, 11) is 0. The molecule has 1 aromatic heterocycles. The van der Waals surface area contributed by atoms with Gasteiger partial charge in [-0.1, -0.05) is 6.07 Å². The van der Waals surface area contributed by atoms with Gasteiger partial charge in [0.1, 0.15) is 11.6 Å². The molecular weight excluding hydrogens is 588 g/mol. The van der Waals surface area contributed by atoms with Gasteiger partial charge in [0.25, 0.3) is 5.91 Å². The molecule has 1 unspecified atom stereocenters. The Labute approximate surface area is 251 Å². The van der Waals surface area contributed by atoms with Gasteiger partial charge in [0, 0.05) is 29.3 Å². The molecular formula is C30H34F4N4O6. The number of carbonyl (C=O) groups excluding carboxylic acids is 2. The van der Waals surface area contributed by atoms with Crippen LogP contribution in [0.1, 0.15) is 74.5 Å². The van der Waals surface area contributed by atoms with Crippen molar-refractivity contribution >= 4 is 12.0 Å². The van der Waals surface area contributed by atoms with Gasteiger partial charge >= 0.3 is 12.7 Å². The number of nitrogens with one attached hydrogen (secondary N) is 2. The normalized spacial score (nSPS) is 14.6. The first-order chi connectivity index (χ1) is 20.7. The Balaban J connectivity index is 1.69. The maximum atomic E-state index is 14.5. The number of hydrogen-bond acceptors (Lipinski definition) is 8. The van der Waals surface area contributed by atoms with Gasteiger partial charge in [0.15, 0.2) is 29.1 Å². The standard InChI is InChI=1S/C30H34F4N4O6/c1-15(42-29(40)38-30(2,3)4)25-24(26(39)36-21(13-35)19-9-8-18(31)12-20(19)32)37-27(44-25)17-7-10-22(43-28(33)34)23(11-17)41-14-16-5-6-16/h7-12,15-16,21,28H,5-6,13-14,35H2,1-4H3,(H,36,39)(H,38,40)/t15-,21?/m0/s1. The SMILES string of the molecule is C[C@H](OC(=O)NC(C)(C)C)c1oc(-c2ccc(OC(F)F)c(OCC3CC3)c2)nc1C(=O)NC(CN)c1ccc(F)cc1F. The molecule has 1 aliphatic carbocycles. The van der Waals surface area contributed by atoms with Crippen molar-refractivity contribution in [2.24, 2.45) is 11.7 Å². The monoisotopic (exact) mass is 622 g/mol. The van der Waals surface area contributed by atoms with Crippen LogP contribution in [0.2, 0.25) is 0 Å². The number of amides is 2. The maximum absolute atomic E-state index is 14.5. The summed E-state index contributed by atoms with van der Waals surface area (Å²) < 4.78 is 75.7. The highest BCUT2D eigenvalue weighted by Crippen LogP contribution is 2.37. The molecule has 14 heteroatoms. The molecule has 44 heavy (non-hydrogen) atoms. The number of nitrogens with zero attached hydrogens (tertiary/aromatic N) is 1. The summed E-state index contributed by atoms with van der Waals surface area (Å²) >= 11 is 0. The van der Waals surface area contributed by atoms with Crippen molar-refractivity contribution in [2.45, 2.75) is 64.8 Å². The lowest BCUT2D eigenvalue weighted by molar-refractivity contribution is -0.0515. The van der Waals surface area contributed by atoms with Crippen molar-refractivity contribution in [3.05, 3.63) is 65.1 Å². The summed E-state index contributed by atoms with van der Waals surface area (Å²) in [6, 6.07) is 5.79. The van der Waals surface area contributed by atoms with Crippen LogP contribution in [-0.2, 0) is 4.74 Å². The van der Waals surface area contributed by atoms with Crippen LogP contribution in [-0.4, -0.2) is 42.3 Å². The zero-order chi connectivity index (χ0) is 32.2. The predicted molar refractivity (Wildman–Crippen MR) is 150 cm³/mol. The van der Waals surface area contributed by atoms with Crippen molar-refractivity contribution in [3.63, 3.8) is 0 Å². The highest BCUT2D eigenvalue weighted by Gasteiger charge is 2.31. The van der Waals surface area contributed by atoms with Gasteiger partial charge in [-0.05, 0) is 70.7 Å². The van der Waals surface area contributed by atoms with Crippen LogP contribution >= 0.6 is 0 Å². The van der Waals surface area contributed by atoms with Gasteiger partial charge in [0.2, 0.25) is 5.89 Å². The number of aromatic nitrogens is 1. The van der Waals surface area contributed by atoms with E-state index in [0.717, 1.165) is 25.0 Å². The summed E-state index contributed by atoms with van der Waals surface area (Å²) in [5, 5.41) is 5.19. The number of alkyl halides is 2. The fourth-order valence-corrected chi connectivity index (χ4v) is 4.16. The Bertz CT molecular complexity index is 1490. The molecule has 0 spiro atoms. The van der Waals surface area contributed by atoms with Crippen molar-refractivity contribution in [1.82, 2.24) is 15.6 Å². The summed E-state index contributed by atoms with van der Waals surface area (Å²) in [6.45, 7) is 3.64. The number of halogens is 4. The first kappa shape index (κ1) is 32.6. The van der Waals surface area contributed by atoms with Crippen molar-refractivity contribution < 1.29 is 45.8 Å². The van der Waals surface area contributed by atoms with Gasteiger partial charge in [-0.3, -0.25) is 4.79 Å². The third-order valence-electron chi connectivity index (χ3n) is 6.46. The van der Waals surface area contributed by atoms with Crippen LogP contribution in [0.3, 0.4) is 0 Å². The minimum atomic E-state index is -3.09. The van der Waals surface area contributed by atoms with E-state index < -0.39 is 47.9 Å². The Morgan fingerprint density at radius 2 is 1.84 bits per heavy atom. The molecule has 2 amide bonds. The smallest absolute Gasteiger partial charge is 0.408 e. The zero-order valence-corrected chi connectivity index (χ0v) is 24.6. The van der Waals surface area contributed by atoms with Crippen molar-refractivity contribution in [3.8, 4) is 23.0 Å². The lowest BCUT2D eigenvalue weighted by Crippen LogP contribution is -2.41. The maximum Gasteiger partial charge on any atom is 0.408 e. The minimum Gasteiger partial charge on any atom is -0.489 e. The van der Waals surface area contributed by atoms with E-state index in [0.29, 0.717) is 18.6 Å². The van der Waals surface area contributed by atoms with Gasteiger partial charge in [-0.25, -0.2) is 18.6 Å². The Kier molecular flexibility index (Phi) is 10.0. The lowest BCUT2D eigenvalue weighted by Gasteiger charge is -2.22. The predicted octanol–water partition coefficient (Wildman–Crippen LogP) is 6.03.